The molecule has 1 aromatic heterocycles. The van der Waals surface area contributed by atoms with E-state index in [1.807, 2.05) is 0 Å². The molecule has 0 unspecified atom stereocenters. The van der Waals surface area contributed by atoms with Crippen molar-refractivity contribution < 1.29 is 4.42 Å². The molecule has 4 aliphatic rings. The summed E-state index contributed by atoms with van der Waals surface area (Å²) in [6, 6.07) is 84.6. The first kappa shape index (κ1) is 56.9. The topological polar surface area (TPSA) is 31.6 Å². The van der Waals surface area contributed by atoms with Crippen LogP contribution in [-0.4, -0.2) is 7.28 Å². The summed E-state index contributed by atoms with van der Waals surface area (Å²) in [5.41, 5.74) is 32.6. The van der Waals surface area contributed by atoms with Crippen molar-refractivity contribution in [1.82, 2.24) is 0 Å². The standard InChI is InChI=1S/C86H80BN3O/c1-53-46-68-70(85(8,9)45-44-83(68,4)5)51-73(53)90-72-41-37-61(89(59-30-22-28-56(47-59)54-24-14-12-15-25-54)60-31-23-29-57(48-60)55-26-16-13-17-27-55)50-71(72)87-80-74(90)52-76-78(63-33-19-21-35-75(63)91-76)79(80)64-38-40-67-77(62-32-18-20-34-65(62)86(67,10)11)81(64)88-58-36-39-66-69(49-58)84(6,7)43-42-82(66,2)3/h12-41,46-52,87-88H,42-45H2,1-11H3. The maximum atomic E-state index is 7.26. The summed E-state index contributed by atoms with van der Waals surface area (Å²) in [7, 11) is 0.672. The summed E-state index contributed by atoms with van der Waals surface area (Å²) >= 11 is 0. The molecule has 91 heavy (non-hydrogen) atoms. The van der Waals surface area contributed by atoms with Crippen LogP contribution in [0, 0.1) is 6.92 Å². The number of hydrogen-bond donors (Lipinski definition) is 1. The molecule has 0 spiro atoms. The van der Waals surface area contributed by atoms with Gasteiger partial charge in [0, 0.05) is 73.2 Å². The van der Waals surface area contributed by atoms with Gasteiger partial charge in [0.05, 0.1) is 5.69 Å². The van der Waals surface area contributed by atoms with Crippen molar-refractivity contribution in [2.45, 2.75) is 129 Å². The summed E-state index contributed by atoms with van der Waals surface area (Å²) in [5.74, 6) is 0. The van der Waals surface area contributed by atoms with Gasteiger partial charge in [-0.05, 0) is 199 Å². The van der Waals surface area contributed by atoms with Crippen LogP contribution in [0.2, 0.25) is 0 Å². The predicted octanol–water partition coefficient (Wildman–Crippen LogP) is 22.3. The van der Waals surface area contributed by atoms with E-state index < -0.39 is 0 Å². The molecule has 0 fully saturated rings. The normalized spacial score (nSPS) is 16.6. The Labute approximate surface area is 538 Å². The summed E-state index contributed by atoms with van der Waals surface area (Å²) in [4.78, 5) is 5.11. The third kappa shape index (κ3) is 9.15. The third-order valence-electron chi connectivity index (χ3n) is 21.9. The molecule has 5 heteroatoms. The van der Waals surface area contributed by atoms with Crippen molar-refractivity contribution in [3.63, 3.8) is 0 Å². The minimum Gasteiger partial charge on any atom is -0.456 e. The van der Waals surface area contributed by atoms with Gasteiger partial charge in [-0.2, -0.15) is 0 Å². The highest BCUT2D eigenvalue weighted by Crippen LogP contribution is 2.57. The summed E-state index contributed by atoms with van der Waals surface area (Å²) in [6.45, 7) is 26.7. The van der Waals surface area contributed by atoms with Crippen LogP contribution in [0.15, 0.2) is 229 Å². The van der Waals surface area contributed by atoms with E-state index in [1.165, 1.54) is 112 Å². The Hall–Kier alpha value is -9.32. The number of anilines is 8. The largest absolute Gasteiger partial charge is 0.456 e. The van der Waals surface area contributed by atoms with Crippen molar-refractivity contribution in [3.8, 4) is 44.5 Å². The number of furan rings is 1. The second kappa shape index (κ2) is 20.6. The van der Waals surface area contributed by atoms with E-state index >= 15 is 0 Å². The smallest absolute Gasteiger partial charge is 0.198 e. The molecule has 11 aromatic carbocycles. The number of benzene rings is 11. The second-order valence-electron chi connectivity index (χ2n) is 29.9. The lowest BCUT2D eigenvalue weighted by Crippen LogP contribution is -2.42. The zero-order valence-corrected chi connectivity index (χ0v) is 54.7. The molecular formula is C86H80BN3O. The van der Waals surface area contributed by atoms with Gasteiger partial charge in [0.2, 0.25) is 0 Å². The predicted molar refractivity (Wildman–Crippen MR) is 388 cm³/mol. The Morgan fingerprint density at radius 3 is 1.64 bits per heavy atom. The Kier molecular flexibility index (Phi) is 12.9. The number of para-hydroxylation sites is 1. The first-order valence-corrected chi connectivity index (χ1v) is 33.1. The Balaban J connectivity index is 0.988. The molecule has 16 rings (SSSR count). The lowest BCUT2D eigenvalue weighted by molar-refractivity contribution is 0.332. The Morgan fingerprint density at radius 2 is 0.967 bits per heavy atom. The van der Waals surface area contributed by atoms with Crippen LogP contribution in [0.3, 0.4) is 0 Å². The van der Waals surface area contributed by atoms with Crippen LogP contribution in [0.1, 0.15) is 134 Å². The van der Waals surface area contributed by atoms with Gasteiger partial charge >= 0.3 is 0 Å². The average Bonchev–Trinajstić information content (AvgIpc) is 1.69. The van der Waals surface area contributed by atoms with Gasteiger partial charge < -0.3 is 19.5 Å². The van der Waals surface area contributed by atoms with Crippen LogP contribution >= 0.6 is 0 Å². The maximum absolute atomic E-state index is 7.26. The van der Waals surface area contributed by atoms with Crippen LogP contribution < -0.4 is 26.0 Å². The van der Waals surface area contributed by atoms with E-state index in [-0.39, 0.29) is 27.1 Å². The molecule has 1 N–H and O–H groups in total. The van der Waals surface area contributed by atoms with Crippen LogP contribution in [0.5, 0.6) is 0 Å². The lowest BCUT2D eigenvalue weighted by Gasteiger charge is -2.44. The SMILES string of the molecule is Cc1cc2c(cc1N1c3ccc(N(c4cccc(-c5ccccc5)c4)c4cccc(-c5ccccc5)c4)cc3Bc3c1cc1oc4ccccc4c1c3-c1ccc3c(c1Nc1ccc4c(c1)C(C)(C)CCC4(C)C)-c1ccccc1C3(C)C)C(C)(C)CCC2(C)C. The minimum atomic E-state index is -0.234. The molecule has 448 valence electrons. The summed E-state index contributed by atoms with van der Waals surface area (Å²) in [5, 5.41) is 6.59. The zero-order valence-electron chi connectivity index (χ0n) is 54.7. The molecule has 3 aliphatic carbocycles. The highest BCUT2D eigenvalue weighted by Gasteiger charge is 2.43. The van der Waals surface area contributed by atoms with E-state index in [0.717, 1.165) is 75.3 Å². The van der Waals surface area contributed by atoms with Gasteiger partial charge in [0.1, 0.15) is 11.2 Å². The van der Waals surface area contributed by atoms with Crippen molar-refractivity contribution in [2.24, 2.45) is 0 Å². The molecule has 12 aromatic rings. The van der Waals surface area contributed by atoms with Gasteiger partial charge in [-0.25, -0.2) is 0 Å². The fourth-order valence-corrected chi connectivity index (χ4v) is 16.5. The monoisotopic (exact) mass is 1180 g/mol. The Bertz CT molecular complexity index is 4860. The molecule has 0 atom stereocenters. The highest BCUT2D eigenvalue weighted by atomic mass is 16.3. The molecule has 0 bridgehead atoms. The van der Waals surface area contributed by atoms with Crippen LogP contribution in [-0.2, 0) is 27.1 Å². The number of nitrogens with one attached hydrogen (secondary N) is 1. The van der Waals surface area contributed by atoms with Gasteiger partial charge in [-0.15, -0.1) is 0 Å². The quantitative estimate of drug-likeness (QED) is 0.146. The van der Waals surface area contributed by atoms with Crippen molar-refractivity contribution in [1.29, 1.82) is 0 Å². The fraction of sp³-hybridized carbons (Fsp3) is 0.233. The third-order valence-corrected chi connectivity index (χ3v) is 21.9. The van der Waals surface area contributed by atoms with Crippen LogP contribution in [0.25, 0.3) is 66.4 Å². The highest BCUT2D eigenvalue weighted by molar-refractivity contribution is 6.74. The molecule has 0 saturated heterocycles. The maximum Gasteiger partial charge on any atom is 0.198 e. The van der Waals surface area contributed by atoms with Crippen molar-refractivity contribution in [2.75, 3.05) is 15.1 Å². The Morgan fingerprint density at radius 1 is 0.407 bits per heavy atom. The van der Waals surface area contributed by atoms with E-state index in [2.05, 4.69) is 316 Å². The molecule has 1 aliphatic heterocycles. The van der Waals surface area contributed by atoms with Crippen molar-refractivity contribution in [3.05, 3.63) is 263 Å². The summed E-state index contributed by atoms with van der Waals surface area (Å²) < 4.78 is 7.26. The number of aryl methyl sites for hydroxylation is 1. The van der Waals surface area contributed by atoms with Gasteiger partial charge in [0.15, 0.2) is 7.28 Å². The zero-order chi connectivity index (χ0) is 62.5. The average molecular weight is 1180 g/mol. The molecular weight excluding hydrogens is 1100 g/mol. The van der Waals surface area contributed by atoms with E-state index in [0.29, 0.717) is 7.28 Å². The van der Waals surface area contributed by atoms with Gasteiger partial charge in [-0.3, -0.25) is 0 Å². The molecule has 0 radical (unpaired) electrons. The van der Waals surface area contributed by atoms with E-state index in [1.54, 1.807) is 0 Å². The minimum absolute atomic E-state index is 0.0216. The molecule has 0 saturated carbocycles. The fourth-order valence-electron chi connectivity index (χ4n) is 16.5. The van der Waals surface area contributed by atoms with E-state index in [9.17, 15) is 0 Å². The number of nitrogens with zero attached hydrogens (tertiary/aromatic N) is 2. The molecule has 0 amide bonds. The van der Waals surface area contributed by atoms with Gasteiger partial charge in [0.25, 0.3) is 0 Å². The molecule has 4 nitrogen and oxygen atoms in total. The van der Waals surface area contributed by atoms with Crippen LogP contribution in [0.4, 0.5) is 45.5 Å². The number of hydrogen-bond acceptors (Lipinski definition) is 4. The summed E-state index contributed by atoms with van der Waals surface area (Å²) in [6.07, 6.45) is 4.58. The van der Waals surface area contributed by atoms with Gasteiger partial charge in [-0.1, -0.05) is 226 Å². The first-order chi connectivity index (χ1) is 43.7. The second-order valence-corrected chi connectivity index (χ2v) is 29.9. The van der Waals surface area contributed by atoms with Crippen molar-refractivity contribution >= 4 is 85.6 Å². The number of rotatable bonds is 9. The number of fused-ring (bicyclic) bond motifs is 10. The molecule has 2 heterocycles. The first-order valence-electron chi connectivity index (χ1n) is 33.1. The lowest BCUT2D eigenvalue weighted by atomic mass is 9.57. The van der Waals surface area contributed by atoms with E-state index in [4.69, 9.17) is 4.42 Å².